The van der Waals surface area contributed by atoms with Crippen molar-refractivity contribution in [2.75, 3.05) is 12.3 Å². The van der Waals surface area contributed by atoms with E-state index in [0.717, 1.165) is 6.54 Å². The summed E-state index contributed by atoms with van der Waals surface area (Å²) in [6.45, 7) is 1.03. The van der Waals surface area contributed by atoms with Crippen molar-refractivity contribution in [1.82, 2.24) is 4.98 Å². The molecule has 0 aliphatic carbocycles. The lowest BCUT2D eigenvalue weighted by Crippen LogP contribution is -1.69. The van der Waals surface area contributed by atoms with Gasteiger partial charge < -0.3 is 0 Å². The van der Waals surface area contributed by atoms with Crippen LogP contribution >= 0.6 is 23.1 Å². The van der Waals surface area contributed by atoms with Crippen molar-refractivity contribution < 1.29 is 0 Å². The molecule has 0 unspecified atom stereocenters. The molecule has 1 aliphatic rings. The van der Waals surface area contributed by atoms with Crippen LogP contribution in [-0.4, -0.2) is 22.8 Å². The van der Waals surface area contributed by atoms with Gasteiger partial charge in [0, 0.05) is 23.9 Å². The van der Waals surface area contributed by atoms with Crippen LogP contribution in [0.25, 0.3) is 0 Å². The van der Waals surface area contributed by atoms with E-state index in [1.807, 2.05) is 10.9 Å². The number of rotatable bonds is 0. The van der Waals surface area contributed by atoms with E-state index in [2.05, 4.69) is 9.98 Å². The molecular formula is C6H8N2S2. The molecule has 1 aromatic rings. The van der Waals surface area contributed by atoms with Gasteiger partial charge in [-0.15, -0.1) is 23.1 Å². The highest BCUT2D eigenvalue weighted by molar-refractivity contribution is 8.12. The molecule has 0 saturated heterocycles. The van der Waals surface area contributed by atoms with Gasteiger partial charge in [-0.2, -0.15) is 0 Å². The highest BCUT2D eigenvalue weighted by Crippen LogP contribution is 1.99. The summed E-state index contributed by atoms with van der Waals surface area (Å²) in [5.41, 5.74) is 3.69. The van der Waals surface area contributed by atoms with E-state index in [9.17, 15) is 0 Å². The largest absolute Gasteiger partial charge is 0.285 e. The van der Waals surface area contributed by atoms with Crippen molar-refractivity contribution in [2.24, 2.45) is 4.99 Å². The molecule has 0 N–H and O–H groups in total. The number of hydrogen-bond donors (Lipinski definition) is 0. The van der Waals surface area contributed by atoms with Crippen LogP contribution in [0.5, 0.6) is 0 Å². The minimum absolute atomic E-state index is 1.03. The zero-order valence-corrected chi connectivity index (χ0v) is 7.07. The Morgan fingerprint density at radius 3 is 2.60 bits per heavy atom. The number of aliphatic imine (C=N–C) groups is 1. The van der Waals surface area contributed by atoms with Crippen LogP contribution in [0.15, 0.2) is 22.1 Å². The van der Waals surface area contributed by atoms with Crippen molar-refractivity contribution in [3.8, 4) is 0 Å². The average Bonchev–Trinajstić information content (AvgIpc) is 2.67. The van der Waals surface area contributed by atoms with E-state index < -0.39 is 0 Å². The lowest BCUT2D eigenvalue weighted by molar-refractivity contribution is 1.18. The summed E-state index contributed by atoms with van der Waals surface area (Å²) in [4.78, 5) is 7.66. The molecule has 54 valence electrons. The van der Waals surface area contributed by atoms with Crippen LogP contribution in [0.2, 0.25) is 0 Å². The number of nitrogens with zero attached hydrogens (tertiary/aromatic N) is 2. The SMILES string of the molecule is C1=NCCS1.c1cscn1. The summed E-state index contributed by atoms with van der Waals surface area (Å²) < 4.78 is 0. The Hall–Kier alpha value is -0.350. The van der Waals surface area contributed by atoms with Crippen molar-refractivity contribution in [1.29, 1.82) is 0 Å². The Balaban J connectivity index is 0.0000001000. The zero-order valence-electron chi connectivity index (χ0n) is 5.43. The first-order chi connectivity index (χ1) is 5.00. The second-order valence-corrected chi connectivity index (χ2v) is 3.27. The maximum Gasteiger partial charge on any atom is 0.0791 e. The van der Waals surface area contributed by atoms with Crippen molar-refractivity contribution in [3.63, 3.8) is 0 Å². The van der Waals surface area contributed by atoms with Crippen LogP contribution in [0, 0.1) is 0 Å². The third-order valence-electron chi connectivity index (χ3n) is 0.835. The molecule has 0 bridgehead atoms. The van der Waals surface area contributed by atoms with Gasteiger partial charge in [0.1, 0.15) is 0 Å². The zero-order chi connectivity index (χ0) is 7.07. The molecule has 1 aliphatic heterocycles. The third kappa shape index (κ3) is 3.63. The Labute approximate surface area is 68.4 Å². The van der Waals surface area contributed by atoms with E-state index in [4.69, 9.17) is 0 Å². The minimum atomic E-state index is 1.03. The van der Waals surface area contributed by atoms with Crippen LogP contribution in [0.1, 0.15) is 0 Å². The molecule has 0 aromatic carbocycles. The van der Waals surface area contributed by atoms with Gasteiger partial charge in [-0.1, -0.05) is 0 Å². The second kappa shape index (κ2) is 5.44. The second-order valence-electron chi connectivity index (χ2n) is 1.56. The maximum atomic E-state index is 3.92. The van der Waals surface area contributed by atoms with Crippen molar-refractivity contribution in [3.05, 3.63) is 17.1 Å². The fraction of sp³-hybridized carbons (Fsp3) is 0.333. The van der Waals surface area contributed by atoms with Gasteiger partial charge in [0.25, 0.3) is 0 Å². The quantitative estimate of drug-likeness (QED) is 0.597. The van der Waals surface area contributed by atoms with Crippen LogP contribution < -0.4 is 0 Å². The molecule has 2 heterocycles. The molecule has 2 rings (SSSR count). The lowest BCUT2D eigenvalue weighted by atomic mass is 10.8. The van der Waals surface area contributed by atoms with E-state index in [1.54, 1.807) is 34.8 Å². The maximum absolute atomic E-state index is 3.92. The number of thioether (sulfide) groups is 1. The van der Waals surface area contributed by atoms with E-state index in [-0.39, 0.29) is 0 Å². The smallest absolute Gasteiger partial charge is 0.0791 e. The summed E-state index contributed by atoms with van der Waals surface area (Å²) in [5, 5.41) is 1.93. The highest BCUT2D eigenvalue weighted by Gasteiger charge is 1.86. The molecule has 0 amide bonds. The lowest BCUT2D eigenvalue weighted by Gasteiger charge is -1.67. The fourth-order valence-electron chi connectivity index (χ4n) is 0.439. The number of hydrogen-bond acceptors (Lipinski definition) is 4. The number of thiazole rings is 1. The minimum Gasteiger partial charge on any atom is -0.285 e. The van der Waals surface area contributed by atoms with Gasteiger partial charge >= 0.3 is 0 Å². The molecule has 0 radical (unpaired) electrons. The average molecular weight is 172 g/mol. The van der Waals surface area contributed by atoms with Crippen LogP contribution in [-0.2, 0) is 0 Å². The normalized spacial score (nSPS) is 14.4. The molecule has 1 aromatic heterocycles. The first-order valence-electron chi connectivity index (χ1n) is 2.92. The number of aromatic nitrogens is 1. The van der Waals surface area contributed by atoms with Gasteiger partial charge in [0.2, 0.25) is 0 Å². The van der Waals surface area contributed by atoms with Gasteiger partial charge in [0.15, 0.2) is 0 Å². The topological polar surface area (TPSA) is 25.2 Å². The van der Waals surface area contributed by atoms with Gasteiger partial charge in [-0.05, 0) is 0 Å². The van der Waals surface area contributed by atoms with Crippen molar-refractivity contribution >= 4 is 28.6 Å². The Bertz CT molecular complexity index is 149. The standard InChI is InChI=1S/C3H5NS.C3H3NS/c2*1-2-5-3-4-1/h3H,1-2H2;1-3H. The first kappa shape index (κ1) is 7.75. The third-order valence-corrected chi connectivity index (χ3v) is 2.07. The van der Waals surface area contributed by atoms with Gasteiger partial charge in [0.05, 0.1) is 11.1 Å². The molecule has 0 saturated carbocycles. The predicted molar refractivity (Wildman–Crippen MR) is 47.9 cm³/mol. The van der Waals surface area contributed by atoms with E-state index in [0.29, 0.717) is 0 Å². The van der Waals surface area contributed by atoms with Crippen LogP contribution in [0.4, 0.5) is 0 Å². The Morgan fingerprint density at radius 2 is 2.40 bits per heavy atom. The predicted octanol–water partition coefficient (Wildman–Crippen LogP) is 1.90. The molecule has 4 heteroatoms. The molecule has 0 fully saturated rings. The summed E-state index contributed by atoms with van der Waals surface area (Å²) in [6.07, 6.45) is 1.77. The fourth-order valence-corrected chi connectivity index (χ4v) is 1.32. The Morgan fingerprint density at radius 1 is 1.40 bits per heavy atom. The van der Waals surface area contributed by atoms with Crippen LogP contribution in [0.3, 0.4) is 0 Å². The Kier molecular flexibility index (Phi) is 4.21. The summed E-state index contributed by atoms with van der Waals surface area (Å²) in [7, 11) is 0. The molecule has 0 atom stereocenters. The van der Waals surface area contributed by atoms with Gasteiger partial charge in [-0.3, -0.25) is 9.98 Å². The molecule has 10 heavy (non-hydrogen) atoms. The highest BCUT2D eigenvalue weighted by atomic mass is 32.2. The summed E-state index contributed by atoms with van der Waals surface area (Å²) in [5.74, 6) is 1.19. The monoisotopic (exact) mass is 172 g/mol. The van der Waals surface area contributed by atoms with Crippen molar-refractivity contribution in [2.45, 2.75) is 0 Å². The first-order valence-corrected chi connectivity index (χ1v) is 4.91. The van der Waals surface area contributed by atoms with E-state index in [1.165, 1.54) is 5.75 Å². The van der Waals surface area contributed by atoms with Gasteiger partial charge in [-0.25, -0.2) is 0 Å². The molecule has 0 spiro atoms. The summed E-state index contributed by atoms with van der Waals surface area (Å²) >= 11 is 3.38. The molecular weight excluding hydrogens is 164 g/mol. The van der Waals surface area contributed by atoms with E-state index >= 15 is 0 Å². The molecule has 2 nitrogen and oxygen atoms in total. The summed E-state index contributed by atoms with van der Waals surface area (Å²) in [6, 6.07) is 0.